The maximum Gasteiger partial charge on any atom is 0.271 e. The summed E-state index contributed by atoms with van der Waals surface area (Å²) in [7, 11) is 0. The van der Waals surface area contributed by atoms with E-state index in [1.165, 1.54) is 11.3 Å². The van der Waals surface area contributed by atoms with Gasteiger partial charge in [-0.05, 0) is 35.6 Å². The smallest absolute Gasteiger partial charge is 0.271 e. The zero-order valence-corrected chi connectivity index (χ0v) is 19.2. The number of aromatic nitrogens is 1. The fourth-order valence-corrected chi connectivity index (χ4v) is 5.87. The van der Waals surface area contributed by atoms with E-state index in [-0.39, 0.29) is 36.5 Å². The number of carbonyl (C=O) groups is 3. The number of nitrogen functional groups attached to an aromatic ring is 1. The van der Waals surface area contributed by atoms with Crippen LogP contribution in [0.4, 0.5) is 5.69 Å². The van der Waals surface area contributed by atoms with Gasteiger partial charge in [0.25, 0.3) is 5.91 Å². The Hall–Kier alpha value is -3.08. The van der Waals surface area contributed by atoms with Gasteiger partial charge in [-0.15, -0.1) is 22.7 Å². The van der Waals surface area contributed by atoms with Gasteiger partial charge >= 0.3 is 0 Å². The van der Waals surface area contributed by atoms with Crippen LogP contribution in [0.15, 0.2) is 47.2 Å². The number of thiophene rings is 1. The van der Waals surface area contributed by atoms with Crippen molar-refractivity contribution < 1.29 is 19.1 Å². The van der Waals surface area contributed by atoms with Crippen LogP contribution >= 0.6 is 22.7 Å². The average Bonchev–Trinajstić information content (AvgIpc) is 3.60. The highest BCUT2D eigenvalue weighted by Gasteiger charge is 2.48. The molecule has 3 aromatic rings. The molecule has 2 amide bonds. The molecule has 2 aliphatic rings. The number of fused-ring (bicyclic) bond motifs is 1. The van der Waals surface area contributed by atoms with E-state index < -0.39 is 18.0 Å². The van der Waals surface area contributed by atoms with Gasteiger partial charge in [0, 0.05) is 24.0 Å². The first kappa shape index (κ1) is 21.7. The number of Topliss-reactive ketones (excluding diaryl/α,β-unsaturated/α-hetero) is 1. The number of nitrogens with zero attached hydrogens (tertiary/aromatic N) is 2. The highest BCUT2D eigenvalue weighted by Crippen LogP contribution is 2.29. The van der Waals surface area contributed by atoms with Crippen molar-refractivity contribution >= 4 is 46.0 Å². The topological polar surface area (TPSA) is 115 Å². The van der Waals surface area contributed by atoms with Gasteiger partial charge in [0.1, 0.15) is 29.4 Å². The minimum absolute atomic E-state index is 0.0262. The zero-order chi connectivity index (χ0) is 22.9. The third kappa shape index (κ3) is 4.41. The number of benzene rings is 1. The number of amides is 2. The number of nitrogens with one attached hydrogen (secondary N) is 1. The van der Waals surface area contributed by atoms with Gasteiger partial charge in [-0.2, -0.15) is 0 Å². The van der Waals surface area contributed by atoms with Crippen LogP contribution in [0.3, 0.4) is 0 Å². The molecule has 2 fully saturated rings. The number of rotatable bonds is 6. The highest BCUT2D eigenvalue weighted by molar-refractivity contribution is 7.20. The molecular weight excluding hydrogens is 460 g/mol. The monoisotopic (exact) mass is 482 g/mol. The Bertz CT molecular complexity index is 1180. The van der Waals surface area contributed by atoms with E-state index >= 15 is 0 Å². The largest absolute Gasteiger partial charge is 0.399 e. The first-order valence-electron chi connectivity index (χ1n) is 10.6. The predicted octanol–water partition coefficient (Wildman–Crippen LogP) is 2.36. The molecule has 1 aromatic carbocycles. The van der Waals surface area contributed by atoms with E-state index in [1.54, 1.807) is 33.7 Å². The second-order valence-electron chi connectivity index (χ2n) is 8.07. The number of ketones is 1. The first-order chi connectivity index (χ1) is 16.0. The molecule has 3 atom stereocenters. The average molecular weight is 483 g/mol. The fourth-order valence-electron chi connectivity index (χ4n) is 4.25. The van der Waals surface area contributed by atoms with Gasteiger partial charge in [-0.1, -0.05) is 18.2 Å². The van der Waals surface area contributed by atoms with Crippen LogP contribution < -0.4 is 11.1 Å². The number of hydrogen-bond acceptors (Lipinski definition) is 8. The SMILES string of the molecule is Nc1ccc(CC(NC(=O)c2csc(-c3cccs3)n2)C(=O)N2CCC3OCC(=O)C32)cc1. The Morgan fingerprint density at radius 2 is 2.06 bits per heavy atom. The van der Waals surface area contributed by atoms with Crippen molar-refractivity contribution in [3.05, 3.63) is 58.4 Å². The summed E-state index contributed by atoms with van der Waals surface area (Å²) in [6.07, 6.45) is 0.623. The van der Waals surface area contributed by atoms with E-state index in [0.717, 1.165) is 15.4 Å². The van der Waals surface area contributed by atoms with Crippen molar-refractivity contribution in [1.29, 1.82) is 0 Å². The molecule has 3 unspecified atom stereocenters. The lowest BCUT2D eigenvalue weighted by Gasteiger charge is -2.27. The molecule has 2 aromatic heterocycles. The highest BCUT2D eigenvalue weighted by atomic mass is 32.1. The summed E-state index contributed by atoms with van der Waals surface area (Å²) in [6, 6.07) is 9.63. The molecule has 33 heavy (non-hydrogen) atoms. The lowest BCUT2D eigenvalue weighted by atomic mass is 10.0. The van der Waals surface area contributed by atoms with Crippen LogP contribution in [0.5, 0.6) is 0 Å². The Kier molecular flexibility index (Phi) is 5.96. The fraction of sp³-hybridized carbons (Fsp3) is 0.304. The third-order valence-corrected chi connectivity index (χ3v) is 7.77. The zero-order valence-electron chi connectivity index (χ0n) is 17.6. The molecule has 8 nitrogen and oxygen atoms in total. The van der Waals surface area contributed by atoms with E-state index in [2.05, 4.69) is 10.3 Å². The van der Waals surface area contributed by atoms with Crippen LogP contribution in [-0.2, 0) is 20.7 Å². The van der Waals surface area contributed by atoms with Crippen LogP contribution in [-0.4, -0.2) is 58.8 Å². The van der Waals surface area contributed by atoms with Gasteiger partial charge in [0.05, 0.1) is 11.0 Å². The molecule has 0 radical (unpaired) electrons. The van der Waals surface area contributed by atoms with Crippen molar-refractivity contribution in [2.45, 2.75) is 31.0 Å². The predicted molar refractivity (Wildman–Crippen MR) is 126 cm³/mol. The molecule has 5 rings (SSSR count). The van der Waals surface area contributed by atoms with Gasteiger partial charge in [-0.25, -0.2) is 4.98 Å². The second-order valence-corrected chi connectivity index (χ2v) is 9.87. The lowest BCUT2D eigenvalue weighted by molar-refractivity contribution is -0.138. The van der Waals surface area contributed by atoms with Crippen molar-refractivity contribution in [2.75, 3.05) is 18.9 Å². The molecule has 0 bridgehead atoms. The quantitative estimate of drug-likeness (QED) is 0.522. The number of thiazole rings is 1. The summed E-state index contributed by atoms with van der Waals surface area (Å²) >= 11 is 2.93. The van der Waals surface area contributed by atoms with E-state index in [4.69, 9.17) is 10.5 Å². The summed E-state index contributed by atoms with van der Waals surface area (Å²) in [6.45, 7) is 0.450. The number of carbonyl (C=O) groups excluding carboxylic acids is 3. The Morgan fingerprint density at radius 1 is 1.24 bits per heavy atom. The van der Waals surface area contributed by atoms with Crippen LogP contribution in [0.25, 0.3) is 9.88 Å². The summed E-state index contributed by atoms with van der Waals surface area (Å²) in [5.74, 6) is -0.809. The van der Waals surface area contributed by atoms with E-state index in [0.29, 0.717) is 18.7 Å². The molecule has 10 heteroatoms. The molecular formula is C23H22N4O4S2. The van der Waals surface area contributed by atoms with Gasteiger partial charge in [0.15, 0.2) is 5.78 Å². The number of nitrogens with two attached hydrogens (primary N) is 1. The molecule has 0 aliphatic carbocycles. The minimum Gasteiger partial charge on any atom is -0.399 e. The van der Waals surface area contributed by atoms with Gasteiger partial charge < -0.3 is 20.7 Å². The maximum atomic E-state index is 13.5. The molecule has 2 saturated heterocycles. The molecule has 0 saturated carbocycles. The summed E-state index contributed by atoms with van der Waals surface area (Å²) in [5, 5.41) is 7.26. The second kappa shape index (κ2) is 9.05. The Morgan fingerprint density at radius 3 is 2.82 bits per heavy atom. The number of likely N-dealkylation sites (tertiary alicyclic amines) is 1. The molecule has 2 aliphatic heterocycles. The molecule has 170 valence electrons. The Balaban J connectivity index is 1.37. The van der Waals surface area contributed by atoms with Crippen LogP contribution in [0.2, 0.25) is 0 Å². The van der Waals surface area contributed by atoms with Crippen molar-refractivity contribution in [3.8, 4) is 9.88 Å². The summed E-state index contributed by atoms with van der Waals surface area (Å²) in [5.41, 5.74) is 7.52. The van der Waals surface area contributed by atoms with Gasteiger partial charge in [0.2, 0.25) is 5.91 Å². The minimum atomic E-state index is -0.847. The Labute approximate surface area is 198 Å². The van der Waals surface area contributed by atoms with Crippen molar-refractivity contribution in [2.24, 2.45) is 0 Å². The van der Waals surface area contributed by atoms with Crippen LogP contribution in [0, 0.1) is 0 Å². The van der Waals surface area contributed by atoms with E-state index in [9.17, 15) is 14.4 Å². The summed E-state index contributed by atoms with van der Waals surface area (Å²) in [4.78, 5) is 45.9. The number of hydrogen-bond donors (Lipinski definition) is 2. The first-order valence-corrected chi connectivity index (χ1v) is 12.3. The normalized spacial score (nSPS) is 20.6. The standard InChI is InChI=1S/C23H22N4O4S2/c24-14-5-3-13(4-6-14)10-15(23(30)27-8-7-18-20(27)17(28)11-31-18)25-21(29)16-12-33-22(26-16)19-2-1-9-32-19/h1-6,9,12,15,18,20H,7-8,10-11,24H2,(H,25,29). The van der Waals surface area contributed by atoms with Crippen molar-refractivity contribution in [1.82, 2.24) is 15.2 Å². The number of ether oxygens (including phenoxy) is 1. The van der Waals surface area contributed by atoms with Crippen LogP contribution in [0.1, 0.15) is 22.5 Å². The maximum absolute atomic E-state index is 13.5. The molecule has 4 heterocycles. The molecule has 3 N–H and O–H groups in total. The third-order valence-electron chi connectivity index (χ3n) is 5.89. The van der Waals surface area contributed by atoms with Gasteiger partial charge in [-0.3, -0.25) is 14.4 Å². The lowest BCUT2D eigenvalue weighted by Crippen LogP contribution is -2.53. The number of anilines is 1. The molecule has 0 spiro atoms. The van der Waals surface area contributed by atoms with E-state index in [1.807, 2.05) is 29.6 Å². The summed E-state index contributed by atoms with van der Waals surface area (Å²) < 4.78 is 5.52. The van der Waals surface area contributed by atoms with Crippen molar-refractivity contribution in [3.63, 3.8) is 0 Å².